The summed E-state index contributed by atoms with van der Waals surface area (Å²) in [7, 11) is 0. The number of hydrogen-bond donors (Lipinski definition) is 3. The molecule has 2 aromatic rings. The second kappa shape index (κ2) is 5.02. The molecule has 0 aliphatic rings. The number of hydrogen-bond acceptors (Lipinski definition) is 6. The second-order valence-corrected chi connectivity index (χ2v) is 4.10. The number of pyridine rings is 1. The van der Waals surface area contributed by atoms with E-state index < -0.39 is 0 Å². The first kappa shape index (κ1) is 11.0. The molecule has 0 bridgehead atoms. The van der Waals surface area contributed by atoms with Crippen molar-refractivity contribution in [2.24, 2.45) is 5.84 Å². The van der Waals surface area contributed by atoms with Crippen LogP contribution >= 0.6 is 11.3 Å². The van der Waals surface area contributed by atoms with E-state index in [1.807, 2.05) is 17.5 Å². The lowest BCUT2D eigenvalue weighted by molar-refractivity contribution is 0.541. The monoisotopic (exact) mass is 235 g/mol. The van der Waals surface area contributed by atoms with Gasteiger partial charge in [-0.1, -0.05) is 6.07 Å². The summed E-state index contributed by atoms with van der Waals surface area (Å²) < 4.78 is 0. The minimum absolute atomic E-state index is 0.0299. The lowest BCUT2D eigenvalue weighted by Gasteiger charge is -2.14. The van der Waals surface area contributed by atoms with Crippen molar-refractivity contribution < 1.29 is 0 Å². The van der Waals surface area contributed by atoms with Crippen molar-refractivity contribution in [3.05, 3.63) is 40.5 Å². The van der Waals surface area contributed by atoms with Crippen LogP contribution < -0.4 is 17.0 Å². The first-order valence-corrected chi connectivity index (χ1v) is 5.79. The second-order valence-electron chi connectivity index (χ2n) is 3.38. The predicted molar refractivity (Wildman–Crippen MR) is 64.5 cm³/mol. The minimum Gasteiger partial charge on any atom is -0.383 e. The number of nitrogens with one attached hydrogen (secondary N) is 1. The average Bonchev–Trinajstić information content (AvgIpc) is 2.81. The van der Waals surface area contributed by atoms with Crippen molar-refractivity contribution in [2.45, 2.75) is 12.5 Å². The lowest BCUT2D eigenvalue weighted by atomic mass is 10.1. The number of hydrazine groups is 1. The molecule has 5 N–H and O–H groups in total. The van der Waals surface area contributed by atoms with Gasteiger partial charge in [0.05, 0.1) is 17.2 Å². The maximum atomic E-state index is 5.78. The summed E-state index contributed by atoms with van der Waals surface area (Å²) in [6, 6.07) is 3.78. The fourth-order valence-corrected chi connectivity index (χ4v) is 2.09. The standard InChI is InChI=1S/C10H13N5S/c11-10-7(2-1-3-13-10)4-8(15-12)9-5-16-6-14-9/h1-3,5-6,8,15H,4,12H2,(H2,11,13). The molecule has 0 saturated heterocycles. The third-order valence-electron chi connectivity index (χ3n) is 2.36. The summed E-state index contributed by atoms with van der Waals surface area (Å²) in [6.07, 6.45) is 2.35. The Kier molecular flexibility index (Phi) is 3.45. The molecule has 0 fully saturated rings. The lowest BCUT2D eigenvalue weighted by Crippen LogP contribution is -2.30. The van der Waals surface area contributed by atoms with Gasteiger partial charge in [0.1, 0.15) is 5.82 Å². The van der Waals surface area contributed by atoms with Gasteiger partial charge in [-0.25, -0.2) is 9.97 Å². The Hall–Kier alpha value is -1.50. The van der Waals surface area contributed by atoms with Crippen LogP contribution in [0.4, 0.5) is 5.82 Å². The molecule has 2 rings (SSSR count). The first-order chi connectivity index (χ1) is 7.81. The number of anilines is 1. The number of rotatable bonds is 4. The summed E-state index contributed by atoms with van der Waals surface area (Å²) in [6.45, 7) is 0. The topological polar surface area (TPSA) is 89.8 Å². The minimum atomic E-state index is -0.0299. The maximum Gasteiger partial charge on any atom is 0.126 e. The van der Waals surface area contributed by atoms with Gasteiger partial charge in [0.15, 0.2) is 0 Å². The average molecular weight is 235 g/mol. The molecular formula is C10H13N5S. The molecule has 0 aliphatic heterocycles. The van der Waals surface area contributed by atoms with Crippen molar-refractivity contribution >= 4 is 17.2 Å². The van der Waals surface area contributed by atoms with Gasteiger partial charge in [0.2, 0.25) is 0 Å². The predicted octanol–water partition coefficient (Wildman–Crippen LogP) is 0.867. The molecule has 1 atom stereocenters. The van der Waals surface area contributed by atoms with Gasteiger partial charge in [-0.05, 0) is 18.1 Å². The van der Waals surface area contributed by atoms with Gasteiger partial charge in [-0.15, -0.1) is 11.3 Å². The Morgan fingerprint density at radius 2 is 2.31 bits per heavy atom. The van der Waals surface area contributed by atoms with E-state index in [2.05, 4.69) is 15.4 Å². The Morgan fingerprint density at radius 3 is 2.94 bits per heavy atom. The maximum absolute atomic E-state index is 5.78. The molecule has 0 aliphatic carbocycles. The number of thiazole rings is 1. The molecule has 2 heterocycles. The van der Waals surface area contributed by atoms with E-state index in [-0.39, 0.29) is 6.04 Å². The largest absolute Gasteiger partial charge is 0.383 e. The summed E-state index contributed by atoms with van der Waals surface area (Å²) in [5.41, 5.74) is 12.2. The fraction of sp³-hybridized carbons (Fsp3) is 0.200. The van der Waals surface area contributed by atoms with Gasteiger partial charge >= 0.3 is 0 Å². The molecule has 6 heteroatoms. The molecule has 0 aromatic carbocycles. The molecule has 5 nitrogen and oxygen atoms in total. The highest BCUT2D eigenvalue weighted by Gasteiger charge is 2.13. The van der Waals surface area contributed by atoms with Gasteiger partial charge in [0.25, 0.3) is 0 Å². The number of nitrogen functional groups attached to an aromatic ring is 1. The normalized spacial score (nSPS) is 12.6. The van der Waals surface area contributed by atoms with Crippen LogP contribution in [0.2, 0.25) is 0 Å². The van der Waals surface area contributed by atoms with Gasteiger partial charge < -0.3 is 5.73 Å². The summed E-state index contributed by atoms with van der Waals surface area (Å²) in [5.74, 6) is 6.06. The zero-order chi connectivity index (χ0) is 11.4. The molecule has 0 spiro atoms. The van der Waals surface area contributed by atoms with Crippen LogP contribution in [0.15, 0.2) is 29.2 Å². The van der Waals surface area contributed by atoms with Crippen molar-refractivity contribution in [3.63, 3.8) is 0 Å². The van der Waals surface area contributed by atoms with Crippen molar-refractivity contribution in [1.82, 2.24) is 15.4 Å². The molecule has 0 amide bonds. The SMILES string of the molecule is NNC(Cc1cccnc1N)c1cscn1. The number of nitrogens with two attached hydrogens (primary N) is 2. The van der Waals surface area contributed by atoms with Crippen LogP contribution in [0.5, 0.6) is 0 Å². The first-order valence-electron chi connectivity index (χ1n) is 4.85. The number of aromatic nitrogens is 2. The van der Waals surface area contributed by atoms with Gasteiger partial charge in [-0.3, -0.25) is 11.3 Å². The van der Waals surface area contributed by atoms with E-state index in [1.54, 1.807) is 23.0 Å². The summed E-state index contributed by atoms with van der Waals surface area (Å²) in [5, 5.41) is 1.97. The molecule has 84 valence electrons. The molecule has 16 heavy (non-hydrogen) atoms. The van der Waals surface area contributed by atoms with E-state index in [9.17, 15) is 0 Å². The van der Waals surface area contributed by atoms with E-state index in [0.29, 0.717) is 12.2 Å². The van der Waals surface area contributed by atoms with Gasteiger partial charge in [-0.2, -0.15) is 0 Å². The van der Waals surface area contributed by atoms with Gasteiger partial charge in [0, 0.05) is 11.6 Å². The Balaban J connectivity index is 2.17. The van der Waals surface area contributed by atoms with E-state index in [0.717, 1.165) is 11.3 Å². The highest BCUT2D eigenvalue weighted by Crippen LogP contribution is 2.19. The van der Waals surface area contributed by atoms with Crippen LogP contribution in [-0.4, -0.2) is 9.97 Å². The fourth-order valence-electron chi connectivity index (χ4n) is 1.49. The zero-order valence-corrected chi connectivity index (χ0v) is 9.45. The van der Waals surface area contributed by atoms with E-state index in [1.165, 1.54) is 0 Å². The van der Waals surface area contributed by atoms with Crippen molar-refractivity contribution in [1.29, 1.82) is 0 Å². The van der Waals surface area contributed by atoms with E-state index in [4.69, 9.17) is 11.6 Å². The molecule has 1 unspecified atom stereocenters. The molecule has 0 saturated carbocycles. The Morgan fingerprint density at radius 1 is 1.44 bits per heavy atom. The smallest absolute Gasteiger partial charge is 0.126 e. The summed E-state index contributed by atoms with van der Waals surface area (Å²) >= 11 is 1.54. The zero-order valence-electron chi connectivity index (χ0n) is 8.63. The Bertz CT molecular complexity index is 442. The van der Waals surface area contributed by atoms with Crippen LogP contribution in [0.1, 0.15) is 17.3 Å². The molecular weight excluding hydrogens is 222 g/mol. The van der Waals surface area contributed by atoms with E-state index >= 15 is 0 Å². The summed E-state index contributed by atoms with van der Waals surface area (Å²) in [4.78, 5) is 8.27. The third-order valence-corrected chi connectivity index (χ3v) is 2.96. The van der Waals surface area contributed by atoms with Crippen molar-refractivity contribution in [2.75, 3.05) is 5.73 Å². The number of nitrogens with zero attached hydrogens (tertiary/aromatic N) is 2. The molecule has 0 radical (unpaired) electrons. The highest BCUT2D eigenvalue weighted by atomic mass is 32.1. The van der Waals surface area contributed by atoms with Crippen LogP contribution in [-0.2, 0) is 6.42 Å². The molecule has 2 aromatic heterocycles. The van der Waals surface area contributed by atoms with Crippen LogP contribution in [0.25, 0.3) is 0 Å². The third kappa shape index (κ3) is 2.35. The van der Waals surface area contributed by atoms with Crippen LogP contribution in [0.3, 0.4) is 0 Å². The van der Waals surface area contributed by atoms with Crippen LogP contribution in [0, 0.1) is 0 Å². The highest BCUT2D eigenvalue weighted by molar-refractivity contribution is 7.07. The van der Waals surface area contributed by atoms with Crippen molar-refractivity contribution in [3.8, 4) is 0 Å². The Labute approximate surface area is 97.5 Å². The quantitative estimate of drug-likeness (QED) is 0.540.